The van der Waals surface area contributed by atoms with E-state index in [0.29, 0.717) is 17.0 Å². The number of nitrogen functional groups attached to an aromatic ring is 1. The minimum Gasteiger partial charge on any atom is -0.399 e. The normalized spacial score (nSPS) is 20.1. The van der Waals surface area contributed by atoms with Crippen LogP contribution in [-0.4, -0.2) is 26.9 Å². The molecule has 1 aromatic carbocycles. The first kappa shape index (κ1) is 13.4. The summed E-state index contributed by atoms with van der Waals surface area (Å²) in [5.41, 5.74) is 6.12. The van der Waals surface area contributed by atoms with Crippen molar-refractivity contribution in [2.45, 2.75) is 36.7 Å². The summed E-state index contributed by atoms with van der Waals surface area (Å²) in [5.74, 6) is 0.177. The zero-order chi connectivity index (χ0) is 13.0. The fourth-order valence-corrected chi connectivity index (χ4v) is 3.50. The molecule has 1 heterocycles. The molecule has 1 aliphatic heterocycles. The van der Waals surface area contributed by atoms with Crippen LogP contribution in [0.3, 0.4) is 0 Å². The molecular formula is C13H19NO3S. The first-order valence-corrected chi connectivity index (χ1v) is 7.93. The minimum atomic E-state index is -3.18. The Labute approximate surface area is 108 Å². The highest BCUT2D eigenvalue weighted by Crippen LogP contribution is 2.19. The molecule has 2 rings (SSSR count). The molecule has 1 unspecified atom stereocenters. The molecular weight excluding hydrogens is 250 g/mol. The third-order valence-electron chi connectivity index (χ3n) is 3.20. The van der Waals surface area contributed by atoms with E-state index < -0.39 is 9.84 Å². The number of rotatable bonds is 5. The van der Waals surface area contributed by atoms with Crippen LogP contribution in [0.2, 0.25) is 0 Å². The second kappa shape index (κ2) is 5.71. The molecule has 1 aromatic rings. The number of hydrogen-bond acceptors (Lipinski definition) is 4. The summed E-state index contributed by atoms with van der Waals surface area (Å²) >= 11 is 0. The van der Waals surface area contributed by atoms with E-state index in [2.05, 4.69) is 0 Å². The maximum Gasteiger partial charge on any atom is 0.178 e. The van der Waals surface area contributed by atoms with Crippen LogP contribution >= 0.6 is 0 Å². The fraction of sp³-hybridized carbons (Fsp3) is 0.538. The Morgan fingerprint density at radius 3 is 2.61 bits per heavy atom. The Bertz CT molecular complexity index is 475. The van der Waals surface area contributed by atoms with Gasteiger partial charge in [0.1, 0.15) is 0 Å². The van der Waals surface area contributed by atoms with Gasteiger partial charge in [-0.3, -0.25) is 0 Å². The number of hydrogen-bond donors (Lipinski definition) is 1. The van der Waals surface area contributed by atoms with E-state index >= 15 is 0 Å². The summed E-state index contributed by atoms with van der Waals surface area (Å²) in [6.45, 7) is 0.815. The lowest BCUT2D eigenvalue weighted by Gasteiger charge is -2.09. The molecule has 0 bridgehead atoms. The molecule has 4 nitrogen and oxygen atoms in total. The Morgan fingerprint density at radius 1 is 1.28 bits per heavy atom. The summed E-state index contributed by atoms with van der Waals surface area (Å²) in [7, 11) is -3.18. The maximum absolute atomic E-state index is 12.0. The van der Waals surface area contributed by atoms with E-state index in [1.807, 2.05) is 0 Å². The van der Waals surface area contributed by atoms with E-state index in [1.165, 1.54) is 0 Å². The first-order valence-electron chi connectivity index (χ1n) is 6.28. The molecule has 0 amide bonds. The van der Waals surface area contributed by atoms with Gasteiger partial charge in [-0.25, -0.2) is 8.42 Å². The average Bonchev–Trinajstić information content (AvgIpc) is 2.82. The predicted molar refractivity (Wildman–Crippen MR) is 71.1 cm³/mol. The minimum absolute atomic E-state index is 0.177. The van der Waals surface area contributed by atoms with Crippen LogP contribution in [0.15, 0.2) is 29.2 Å². The van der Waals surface area contributed by atoms with Crippen molar-refractivity contribution in [3.63, 3.8) is 0 Å². The second-order valence-corrected chi connectivity index (χ2v) is 6.77. The SMILES string of the molecule is Nc1ccc(S(=O)(=O)CCCC2CCCO2)cc1. The molecule has 5 heteroatoms. The quantitative estimate of drug-likeness (QED) is 0.830. The molecule has 1 saturated heterocycles. The standard InChI is InChI=1S/C13H19NO3S/c14-11-5-7-13(8-6-11)18(15,16)10-2-4-12-3-1-9-17-12/h5-8,12H,1-4,9-10,14H2. The van der Waals surface area contributed by atoms with E-state index in [0.717, 1.165) is 25.9 Å². The number of benzene rings is 1. The summed E-state index contributed by atoms with van der Waals surface area (Å²) in [6.07, 6.45) is 3.88. The number of ether oxygens (including phenoxy) is 1. The summed E-state index contributed by atoms with van der Waals surface area (Å²) in [4.78, 5) is 0.351. The van der Waals surface area contributed by atoms with Crippen LogP contribution in [0.5, 0.6) is 0 Å². The van der Waals surface area contributed by atoms with Crippen LogP contribution in [-0.2, 0) is 14.6 Å². The Balaban J connectivity index is 1.88. The molecule has 18 heavy (non-hydrogen) atoms. The molecule has 1 aliphatic rings. The van der Waals surface area contributed by atoms with Crippen molar-refractivity contribution in [1.82, 2.24) is 0 Å². The lowest BCUT2D eigenvalue weighted by molar-refractivity contribution is 0.104. The zero-order valence-electron chi connectivity index (χ0n) is 10.3. The molecule has 2 N–H and O–H groups in total. The van der Waals surface area contributed by atoms with Gasteiger partial charge in [0.2, 0.25) is 0 Å². The average molecular weight is 269 g/mol. The van der Waals surface area contributed by atoms with Gasteiger partial charge in [0.25, 0.3) is 0 Å². The zero-order valence-corrected chi connectivity index (χ0v) is 11.2. The molecule has 0 radical (unpaired) electrons. The van der Waals surface area contributed by atoms with E-state index in [-0.39, 0.29) is 11.9 Å². The first-order chi connectivity index (χ1) is 8.58. The van der Waals surface area contributed by atoms with Gasteiger partial charge in [0.15, 0.2) is 9.84 Å². The van der Waals surface area contributed by atoms with Gasteiger partial charge in [0.05, 0.1) is 16.8 Å². The lowest BCUT2D eigenvalue weighted by atomic mass is 10.1. The molecule has 1 atom stereocenters. The van der Waals surface area contributed by atoms with Gasteiger partial charge in [-0.15, -0.1) is 0 Å². The summed E-state index contributed by atoms with van der Waals surface area (Å²) < 4.78 is 29.5. The smallest absolute Gasteiger partial charge is 0.178 e. The van der Waals surface area contributed by atoms with E-state index in [4.69, 9.17) is 10.5 Å². The van der Waals surface area contributed by atoms with Crippen LogP contribution in [0.25, 0.3) is 0 Å². The van der Waals surface area contributed by atoms with Crippen molar-refractivity contribution < 1.29 is 13.2 Å². The van der Waals surface area contributed by atoms with Crippen LogP contribution < -0.4 is 5.73 Å². The molecule has 1 fully saturated rings. The summed E-state index contributed by atoms with van der Waals surface area (Å²) in [6, 6.07) is 6.37. The highest BCUT2D eigenvalue weighted by atomic mass is 32.2. The maximum atomic E-state index is 12.0. The monoisotopic (exact) mass is 269 g/mol. The largest absolute Gasteiger partial charge is 0.399 e. The Morgan fingerprint density at radius 2 is 2.00 bits per heavy atom. The molecule has 0 aliphatic carbocycles. The van der Waals surface area contributed by atoms with Crippen molar-refractivity contribution in [3.05, 3.63) is 24.3 Å². The Kier molecular flexibility index (Phi) is 4.24. The molecule has 0 saturated carbocycles. The molecule has 100 valence electrons. The van der Waals surface area contributed by atoms with Gasteiger partial charge >= 0.3 is 0 Å². The van der Waals surface area contributed by atoms with Crippen molar-refractivity contribution >= 4 is 15.5 Å². The number of anilines is 1. The number of nitrogens with two attached hydrogens (primary N) is 1. The van der Waals surface area contributed by atoms with Gasteiger partial charge in [-0.1, -0.05) is 0 Å². The second-order valence-electron chi connectivity index (χ2n) is 4.67. The van der Waals surface area contributed by atoms with Gasteiger partial charge in [-0.2, -0.15) is 0 Å². The fourth-order valence-electron chi connectivity index (χ4n) is 2.17. The highest BCUT2D eigenvalue weighted by molar-refractivity contribution is 7.91. The van der Waals surface area contributed by atoms with Crippen LogP contribution in [0.4, 0.5) is 5.69 Å². The third kappa shape index (κ3) is 3.46. The number of sulfone groups is 1. The van der Waals surface area contributed by atoms with Crippen molar-refractivity contribution in [2.75, 3.05) is 18.1 Å². The third-order valence-corrected chi connectivity index (χ3v) is 5.02. The van der Waals surface area contributed by atoms with E-state index in [9.17, 15) is 8.42 Å². The van der Waals surface area contributed by atoms with Crippen molar-refractivity contribution in [2.24, 2.45) is 0 Å². The predicted octanol–water partition coefficient (Wildman–Crippen LogP) is 2.00. The van der Waals surface area contributed by atoms with Gasteiger partial charge in [0, 0.05) is 12.3 Å². The molecule has 0 spiro atoms. The van der Waals surface area contributed by atoms with Gasteiger partial charge < -0.3 is 10.5 Å². The van der Waals surface area contributed by atoms with Crippen LogP contribution in [0, 0.1) is 0 Å². The summed E-state index contributed by atoms with van der Waals surface area (Å²) in [5, 5.41) is 0. The van der Waals surface area contributed by atoms with Crippen molar-refractivity contribution in [3.8, 4) is 0 Å². The Hall–Kier alpha value is -1.07. The van der Waals surface area contributed by atoms with E-state index in [1.54, 1.807) is 24.3 Å². The van der Waals surface area contributed by atoms with Crippen molar-refractivity contribution in [1.29, 1.82) is 0 Å². The highest BCUT2D eigenvalue weighted by Gasteiger charge is 2.18. The van der Waals surface area contributed by atoms with Crippen LogP contribution in [0.1, 0.15) is 25.7 Å². The topological polar surface area (TPSA) is 69.4 Å². The molecule has 0 aromatic heterocycles. The van der Waals surface area contributed by atoms with Gasteiger partial charge in [-0.05, 0) is 49.9 Å². The lowest BCUT2D eigenvalue weighted by Crippen LogP contribution is -2.11.